The second-order valence-corrected chi connectivity index (χ2v) is 5.04. The van der Waals surface area contributed by atoms with E-state index in [0.29, 0.717) is 10.8 Å². The fourth-order valence-corrected chi connectivity index (χ4v) is 2.14. The predicted molar refractivity (Wildman–Crippen MR) is 82.1 cm³/mol. The molecule has 0 aromatic heterocycles. The molecule has 0 amide bonds. The van der Waals surface area contributed by atoms with Crippen LogP contribution in [0, 0.1) is 17.0 Å². The van der Waals surface area contributed by atoms with E-state index in [2.05, 4.69) is 5.32 Å². The van der Waals surface area contributed by atoms with Gasteiger partial charge >= 0.3 is 5.69 Å². The van der Waals surface area contributed by atoms with Crippen LogP contribution in [0.15, 0.2) is 36.4 Å². The molecule has 6 heteroatoms. The third-order valence-electron chi connectivity index (χ3n) is 2.96. The van der Waals surface area contributed by atoms with Gasteiger partial charge in [0.15, 0.2) is 0 Å². The third-order valence-corrected chi connectivity index (χ3v) is 3.19. The van der Waals surface area contributed by atoms with Gasteiger partial charge in [-0.2, -0.15) is 0 Å². The average Bonchev–Trinajstić information content (AvgIpc) is 2.42. The van der Waals surface area contributed by atoms with E-state index in [1.165, 1.54) is 18.2 Å². The summed E-state index contributed by atoms with van der Waals surface area (Å²) in [6.45, 7) is 2.64. The van der Waals surface area contributed by atoms with Gasteiger partial charge < -0.3 is 10.1 Å². The van der Waals surface area contributed by atoms with Gasteiger partial charge in [-0.15, -0.1) is 0 Å². The number of halogens is 1. The molecular formula is C15H15ClN2O3. The maximum absolute atomic E-state index is 11.0. The van der Waals surface area contributed by atoms with Crippen molar-refractivity contribution < 1.29 is 9.66 Å². The van der Waals surface area contributed by atoms with Gasteiger partial charge in [-0.25, -0.2) is 0 Å². The van der Waals surface area contributed by atoms with E-state index < -0.39 is 4.92 Å². The first-order valence-corrected chi connectivity index (χ1v) is 6.75. The lowest BCUT2D eigenvalue weighted by Gasteiger charge is -2.11. The Morgan fingerprint density at radius 3 is 2.62 bits per heavy atom. The van der Waals surface area contributed by atoms with Crippen molar-refractivity contribution >= 4 is 17.3 Å². The maximum atomic E-state index is 11.0. The molecule has 0 aliphatic heterocycles. The summed E-state index contributed by atoms with van der Waals surface area (Å²) in [5.74, 6) is 0.706. The van der Waals surface area contributed by atoms with Crippen LogP contribution in [0.2, 0.25) is 5.02 Å². The first-order chi connectivity index (χ1) is 10.0. The van der Waals surface area contributed by atoms with Gasteiger partial charge in [0.05, 0.1) is 4.92 Å². The molecule has 0 spiro atoms. The summed E-state index contributed by atoms with van der Waals surface area (Å²) < 4.78 is 5.67. The summed E-state index contributed by atoms with van der Waals surface area (Å²) in [5.41, 5.74) is 1.90. The van der Waals surface area contributed by atoms with Crippen LogP contribution >= 0.6 is 11.6 Å². The van der Waals surface area contributed by atoms with Gasteiger partial charge in [0.1, 0.15) is 5.75 Å². The number of hydrogen-bond acceptors (Lipinski definition) is 4. The maximum Gasteiger partial charge on any atom is 0.311 e. The minimum Gasteiger partial charge on any atom is -0.450 e. The van der Waals surface area contributed by atoms with Crippen molar-refractivity contribution in [1.82, 2.24) is 5.32 Å². The van der Waals surface area contributed by atoms with Crippen molar-refractivity contribution in [3.63, 3.8) is 0 Å². The monoisotopic (exact) mass is 306 g/mol. The smallest absolute Gasteiger partial charge is 0.311 e. The van der Waals surface area contributed by atoms with Crippen molar-refractivity contribution in [1.29, 1.82) is 0 Å². The van der Waals surface area contributed by atoms with E-state index in [4.69, 9.17) is 16.3 Å². The molecule has 0 fully saturated rings. The molecule has 0 aliphatic rings. The Morgan fingerprint density at radius 2 is 2.00 bits per heavy atom. The molecular weight excluding hydrogens is 292 g/mol. The van der Waals surface area contributed by atoms with Gasteiger partial charge in [0.2, 0.25) is 5.75 Å². The number of nitro groups is 1. The van der Waals surface area contributed by atoms with Crippen molar-refractivity contribution in [3.8, 4) is 11.5 Å². The molecule has 0 unspecified atom stereocenters. The number of rotatable bonds is 5. The first-order valence-electron chi connectivity index (χ1n) is 6.37. The number of benzene rings is 2. The lowest BCUT2D eigenvalue weighted by Crippen LogP contribution is -2.05. The number of aryl methyl sites for hydroxylation is 1. The van der Waals surface area contributed by atoms with Crippen LogP contribution in [0.4, 0.5) is 5.69 Å². The zero-order chi connectivity index (χ0) is 15.4. The Kier molecular flexibility index (Phi) is 4.77. The van der Waals surface area contributed by atoms with Crippen LogP contribution in [0.5, 0.6) is 11.5 Å². The number of nitrogens with one attached hydrogen (secondary N) is 1. The van der Waals surface area contributed by atoms with Crippen LogP contribution < -0.4 is 10.1 Å². The molecule has 21 heavy (non-hydrogen) atoms. The van der Waals surface area contributed by atoms with E-state index in [9.17, 15) is 10.1 Å². The summed E-state index contributed by atoms with van der Waals surface area (Å²) in [6, 6.07) is 9.93. The standard InChI is InChI=1S/C15H15ClN2O3/c1-10-7-11(9-17-2)3-6-14(10)21-15-8-12(16)4-5-13(15)18(19)20/h3-8,17H,9H2,1-2H3. The van der Waals surface area contributed by atoms with Gasteiger partial charge in [0, 0.05) is 23.7 Å². The number of nitrogens with zero attached hydrogens (tertiary/aromatic N) is 1. The van der Waals surface area contributed by atoms with E-state index in [-0.39, 0.29) is 11.4 Å². The zero-order valence-electron chi connectivity index (χ0n) is 11.7. The molecule has 110 valence electrons. The molecule has 0 aliphatic carbocycles. The second-order valence-electron chi connectivity index (χ2n) is 4.60. The second kappa shape index (κ2) is 6.56. The zero-order valence-corrected chi connectivity index (χ0v) is 12.5. The largest absolute Gasteiger partial charge is 0.450 e. The number of hydrogen-bond donors (Lipinski definition) is 1. The minimum atomic E-state index is -0.490. The molecule has 0 bridgehead atoms. The lowest BCUT2D eigenvalue weighted by molar-refractivity contribution is -0.385. The summed E-state index contributed by atoms with van der Waals surface area (Å²) in [6.07, 6.45) is 0. The van der Waals surface area contributed by atoms with Gasteiger partial charge in [-0.05, 0) is 37.2 Å². The highest BCUT2D eigenvalue weighted by molar-refractivity contribution is 6.30. The molecule has 2 aromatic carbocycles. The number of ether oxygens (including phenoxy) is 1. The van der Waals surface area contributed by atoms with Crippen LogP contribution in [0.1, 0.15) is 11.1 Å². The fourth-order valence-electron chi connectivity index (χ4n) is 1.98. The summed E-state index contributed by atoms with van der Waals surface area (Å²) >= 11 is 5.88. The topological polar surface area (TPSA) is 64.4 Å². The Balaban J connectivity index is 2.34. The highest BCUT2D eigenvalue weighted by Crippen LogP contribution is 2.35. The van der Waals surface area contributed by atoms with Crippen molar-refractivity contribution in [3.05, 3.63) is 62.7 Å². The van der Waals surface area contributed by atoms with Crippen LogP contribution in [-0.2, 0) is 6.54 Å². The summed E-state index contributed by atoms with van der Waals surface area (Å²) in [7, 11) is 1.87. The Hall–Kier alpha value is -2.11. The molecule has 0 atom stereocenters. The van der Waals surface area contributed by atoms with E-state index in [1.807, 2.05) is 26.1 Å². The predicted octanol–water partition coefficient (Wildman–Crippen LogP) is 4.07. The molecule has 5 nitrogen and oxygen atoms in total. The van der Waals surface area contributed by atoms with Gasteiger partial charge in [-0.1, -0.05) is 23.7 Å². The van der Waals surface area contributed by atoms with Gasteiger partial charge in [0.25, 0.3) is 0 Å². The van der Waals surface area contributed by atoms with Crippen LogP contribution in [-0.4, -0.2) is 12.0 Å². The first kappa shape index (κ1) is 15.3. The highest BCUT2D eigenvalue weighted by Gasteiger charge is 2.17. The van der Waals surface area contributed by atoms with Gasteiger partial charge in [-0.3, -0.25) is 10.1 Å². The molecule has 0 saturated carbocycles. The van der Waals surface area contributed by atoms with Crippen LogP contribution in [0.3, 0.4) is 0 Å². The molecule has 0 heterocycles. The van der Waals surface area contributed by atoms with E-state index in [1.54, 1.807) is 6.07 Å². The average molecular weight is 307 g/mol. The molecule has 0 radical (unpaired) electrons. The van der Waals surface area contributed by atoms with Crippen molar-refractivity contribution in [2.24, 2.45) is 0 Å². The van der Waals surface area contributed by atoms with E-state index >= 15 is 0 Å². The molecule has 2 aromatic rings. The molecule has 1 N–H and O–H groups in total. The van der Waals surface area contributed by atoms with Crippen molar-refractivity contribution in [2.45, 2.75) is 13.5 Å². The van der Waals surface area contributed by atoms with Crippen LogP contribution in [0.25, 0.3) is 0 Å². The molecule has 0 saturated heterocycles. The lowest BCUT2D eigenvalue weighted by atomic mass is 10.1. The fraction of sp³-hybridized carbons (Fsp3) is 0.200. The highest BCUT2D eigenvalue weighted by atomic mass is 35.5. The Labute approximate surface area is 127 Å². The Bertz CT molecular complexity index is 674. The normalized spacial score (nSPS) is 10.4. The molecule has 2 rings (SSSR count). The minimum absolute atomic E-state index is 0.113. The van der Waals surface area contributed by atoms with E-state index in [0.717, 1.165) is 17.7 Å². The van der Waals surface area contributed by atoms with Crippen molar-refractivity contribution in [2.75, 3.05) is 7.05 Å². The number of nitro benzene ring substituents is 1. The Morgan fingerprint density at radius 1 is 1.24 bits per heavy atom. The SMILES string of the molecule is CNCc1ccc(Oc2cc(Cl)ccc2[N+](=O)[O-])c(C)c1. The quantitative estimate of drug-likeness (QED) is 0.668. The third kappa shape index (κ3) is 3.71. The summed E-state index contributed by atoms with van der Waals surface area (Å²) in [5, 5.41) is 14.5. The summed E-state index contributed by atoms with van der Waals surface area (Å²) in [4.78, 5) is 10.5.